The molecule has 1 aromatic heterocycles. The van der Waals surface area contributed by atoms with Crippen molar-refractivity contribution in [3.05, 3.63) is 23.9 Å². The number of rotatable bonds is 2. The quantitative estimate of drug-likeness (QED) is 0.639. The van der Waals surface area contributed by atoms with Crippen LogP contribution in [-0.4, -0.2) is 4.98 Å². The minimum atomic E-state index is 0.715. The lowest BCUT2D eigenvalue weighted by Gasteiger charge is -1.90. The third-order valence-electron chi connectivity index (χ3n) is 1.53. The Morgan fingerprint density at radius 2 is 2.50 bits per heavy atom. The summed E-state index contributed by atoms with van der Waals surface area (Å²) in [5.74, 6) is 0.715. The van der Waals surface area contributed by atoms with Crippen LogP contribution in [0.5, 0.6) is 0 Å². The summed E-state index contributed by atoms with van der Waals surface area (Å²) in [4.78, 5) is 3.05. The van der Waals surface area contributed by atoms with Crippen LogP contribution in [-0.2, 0) is 6.42 Å². The second-order valence-corrected chi connectivity index (χ2v) is 2.22. The third kappa shape index (κ3) is 1.05. The van der Waals surface area contributed by atoms with Gasteiger partial charge in [-0.2, -0.15) is 0 Å². The zero-order valence-corrected chi connectivity index (χ0v) is 6.15. The first-order valence-corrected chi connectivity index (χ1v) is 3.37. The molecule has 2 nitrogen and oxygen atoms in total. The molecule has 0 radical (unpaired) electrons. The van der Waals surface area contributed by atoms with E-state index < -0.39 is 0 Å². The summed E-state index contributed by atoms with van der Waals surface area (Å²) in [6, 6.07) is 1.89. The summed E-state index contributed by atoms with van der Waals surface area (Å²) in [5, 5.41) is 0. The number of H-pyrrole nitrogens is 1. The molecule has 0 bridgehead atoms. The van der Waals surface area contributed by atoms with Crippen LogP contribution >= 0.6 is 0 Å². The summed E-state index contributed by atoms with van der Waals surface area (Å²) in [6.07, 6.45) is 2.78. The molecule has 0 aliphatic carbocycles. The maximum atomic E-state index is 5.53. The second-order valence-electron chi connectivity index (χ2n) is 2.22. The fourth-order valence-corrected chi connectivity index (χ4v) is 1.01. The van der Waals surface area contributed by atoms with E-state index in [-0.39, 0.29) is 0 Å². The molecule has 10 heavy (non-hydrogen) atoms. The van der Waals surface area contributed by atoms with Crippen LogP contribution in [0.15, 0.2) is 12.6 Å². The van der Waals surface area contributed by atoms with E-state index in [0.717, 1.165) is 17.7 Å². The van der Waals surface area contributed by atoms with E-state index in [9.17, 15) is 0 Å². The van der Waals surface area contributed by atoms with Crippen LogP contribution in [0.2, 0.25) is 0 Å². The van der Waals surface area contributed by atoms with Gasteiger partial charge >= 0.3 is 0 Å². The molecule has 0 saturated carbocycles. The van der Waals surface area contributed by atoms with E-state index in [1.165, 1.54) is 0 Å². The van der Waals surface area contributed by atoms with Crippen molar-refractivity contribution in [3.63, 3.8) is 0 Å². The fraction of sp³-hybridized carbons (Fsp3) is 0.250. The molecule has 3 N–H and O–H groups in total. The molecule has 1 rings (SSSR count). The number of anilines is 1. The SMILES string of the molecule is C=Cc1cc(N)[nH]c1CC. The van der Waals surface area contributed by atoms with E-state index in [0.29, 0.717) is 5.82 Å². The summed E-state index contributed by atoms with van der Waals surface area (Å²) >= 11 is 0. The van der Waals surface area contributed by atoms with Gasteiger partial charge in [0.2, 0.25) is 0 Å². The van der Waals surface area contributed by atoms with E-state index >= 15 is 0 Å². The van der Waals surface area contributed by atoms with Crippen LogP contribution in [0.25, 0.3) is 6.08 Å². The smallest absolute Gasteiger partial charge is 0.101 e. The van der Waals surface area contributed by atoms with Crippen LogP contribution in [0, 0.1) is 0 Å². The highest BCUT2D eigenvalue weighted by Crippen LogP contribution is 2.13. The van der Waals surface area contributed by atoms with E-state index in [1.54, 1.807) is 0 Å². The molecule has 0 amide bonds. The predicted molar refractivity (Wildman–Crippen MR) is 44.7 cm³/mol. The number of nitrogens with two attached hydrogens (primary N) is 1. The lowest BCUT2D eigenvalue weighted by atomic mass is 10.2. The van der Waals surface area contributed by atoms with Crippen LogP contribution in [0.3, 0.4) is 0 Å². The Bertz CT molecular complexity index is 235. The lowest BCUT2D eigenvalue weighted by molar-refractivity contribution is 1.06. The Morgan fingerprint density at radius 1 is 1.80 bits per heavy atom. The minimum absolute atomic E-state index is 0.715. The highest BCUT2D eigenvalue weighted by atomic mass is 14.8. The first-order valence-electron chi connectivity index (χ1n) is 3.37. The maximum absolute atomic E-state index is 5.53. The van der Waals surface area contributed by atoms with Crippen molar-refractivity contribution in [1.29, 1.82) is 0 Å². The standard InChI is InChI=1S/C8H12N2/c1-3-6-5-8(9)10-7(6)4-2/h3,5,10H,1,4,9H2,2H3. The molecular formula is C8H12N2. The van der Waals surface area contributed by atoms with Crippen LogP contribution in [0.4, 0.5) is 5.82 Å². The van der Waals surface area contributed by atoms with Gasteiger partial charge in [-0.25, -0.2) is 0 Å². The Balaban J connectivity index is 3.08. The zero-order chi connectivity index (χ0) is 7.56. The molecule has 0 fully saturated rings. The number of nitrogen functional groups attached to an aromatic ring is 1. The second kappa shape index (κ2) is 2.60. The van der Waals surface area contributed by atoms with Crippen molar-refractivity contribution >= 4 is 11.9 Å². The van der Waals surface area contributed by atoms with E-state index in [1.807, 2.05) is 12.1 Å². The molecule has 0 atom stereocenters. The molecule has 54 valence electrons. The van der Waals surface area contributed by atoms with Gasteiger partial charge in [-0.1, -0.05) is 19.6 Å². The van der Waals surface area contributed by atoms with Gasteiger partial charge in [0.1, 0.15) is 5.82 Å². The molecule has 0 aromatic carbocycles. The molecule has 0 unspecified atom stereocenters. The lowest BCUT2D eigenvalue weighted by Crippen LogP contribution is -1.85. The molecule has 0 aliphatic rings. The molecular weight excluding hydrogens is 124 g/mol. The Hall–Kier alpha value is -1.18. The highest BCUT2D eigenvalue weighted by Gasteiger charge is 1.98. The van der Waals surface area contributed by atoms with Gasteiger partial charge in [0.15, 0.2) is 0 Å². The first kappa shape index (κ1) is 6.93. The molecule has 0 spiro atoms. The highest BCUT2D eigenvalue weighted by molar-refractivity contribution is 5.56. The van der Waals surface area contributed by atoms with Gasteiger partial charge in [-0.15, -0.1) is 0 Å². The first-order chi connectivity index (χ1) is 4.77. The van der Waals surface area contributed by atoms with Gasteiger partial charge in [-0.05, 0) is 18.1 Å². The summed E-state index contributed by atoms with van der Waals surface area (Å²) < 4.78 is 0. The molecule has 1 aromatic rings. The number of hydrogen-bond donors (Lipinski definition) is 2. The number of aromatic nitrogens is 1. The van der Waals surface area contributed by atoms with Crippen molar-refractivity contribution in [2.45, 2.75) is 13.3 Å². The maximum Gasteiger partial charge on any atom is 0.101 e. The normalized spacial score (nSPS) is 9.70. The fourth-order valence-electron chi connectivity index (χ4n) is 1.01. The van der Waals surface area contributed by atoms with E-state index in [4.69, 9.17) is 5.73 Å². The molecule has 0 saturated heterocycles. The summed E-state index contributed by atoms with van der Waals surface area (Å²) in [7, 11) is 0. The average Bonchev–Trinajstić information content (AvgIpc) is 2.30. The van der Waals surface area contributed by atoms with Crippen LogP contribution in [0.1, 0.15) is 18.2 Å². The average molecular weight is 136 g/mol. The molecule has 1 heterocycles. The van der Waals surface area contributed by atoms with E-state index in [2.05, 4.69) is 18.5 Å². The van der Waals surface area contributed by atoms with Crippen molar-refractivity contribution in [1.82, 2.24) is 4.98 Å². The number of aromatic amines is 1. The summed E-state index contributed by atoms with van der Waals surface area (Å²) in [5.41, 5.74) is 7.80. The number of hydrogen-bond acceptors (Lipinski definition) is 1. The Kier molecular flexibility index (Phi) is 1.81. The Morgan fingerprint density at radius 3 is 2.90 bits per heavy atom. The van der Waals surface area contributed by atoms with Gasteiger partial charge in [0, 0.05) is 5.69 Å². The monoisotopic (exact) mass is 136 g/mol. The van der Waals surface area contributed by atoms with Crippen molar-refractivity contribution in [3.8, 4) is 0 Å². The topological polar surface area (TPSA) is 41.8 Å². The predicted octanol–water partition coefficient (Wildman–Crippen LogP) is 1.80. The summed E-state index contributed by atoms with van der Waals surface area (Å²) in [6.45, 7) is 5.76. The van der Waals surface area contributed by atoms with Gasteiger partial charge in [0.25, 0.3) is 0 Å². The Labute approximate surface area is 60.8 Å². The largest absolute Gasteiger partial charge is 0.385 e. The van der Waals surface area contributed by atoms with Gasteiger partial charge < -0.3 is 10.7 Å². The number of nitrogens with one attached hydrogen (secondary N) is 1. The van der Waals surface area contributed by atoms with Gasteiger partial charge in [0.05, 0.1) is 0 Å². The molecule has 2 heteroatoms. The van der Waals surface area contributed by atoms with Crippen molar-refractivity contribution in [2.24, 2.45) is 0 Å². The van der Waals surface area contributed by atoms with Crippen molar-refractivity contribution in [2.75, 3.05) is 5.73 Å². The third-order valence-corrected chi connectivity index (χ3v) is 1.53. The van der Waals surface area contributed by atoms with Crippen molar-refractivity contribution < 1.29 is 0 Å². The molecule has 0 aliphatic heterocycles. The minimum Gasteiger partial charge on any atom is -0.385 e. The van der Waals surface area contributed by atoms with Crippen LogP contribution < -0.4 is 5.73 Å². The number of aryl methyl sites for hydroxylation is 1. The van der Waals surface area contributed by atoms with Gasteiger partial charge in [-0.3, -0.25) is 0 Å². The zero-order valence-electron chi connectivity index (χ0n) is 6.15.